The number of para-hydroxylation sites is 1. The lowest BCUT2D eigenvalue weighted by Gasteiger charge is -2.32. The summed E-state index contributed by atoms with van der Waals surface area (Å²) >= 11 is 0. The standard InChI is InChI=1S/C54H41N/c1-53(2)48-24-11-7-20-44(48)46-22-14-21-42(52(46)53)37-27-29-39(30-28-37)55(51-26-13-9-18-41(51)36-15-4-3-5-16-36)40-31-32-45-43-19-8-12-25-49(43)54(50(45)35-40)34-33-38-17-6-10-23-47(38)54/h3-32,35H,33-34H2,1-2H3. The minimum atomic E-state index is -0.162. The van der Waals surface area contributed by atoms with Gasteiger partial charge < -0.3 is 4.90 Å². The fraction of sp³-hybridized carbons (Fsp3) is 0.111. The lowest BCUT2D eigenvalue weighted by Crippen LogP contribution is -2.24. The SMILES string of the molecule is CC1(C)c2ccccc2-c2cccc(-c3ccc(N(c4ccc5c(c4)C4(CCc6ccccc64)c4ccccc4-5)c4ccccc4-c4ccccc4)cc3)c21. The molecule has 3 aliphatic carbocycles. The molecule has 0 N–H and O–H groups in total. The lowest BCUT2D eigenvalue weighted by atomic mass is 9.73. The normalized spacial score (nSPS) is 16.6. The summed E-state index contributed by atoms with van der Waals surface area (Å²) in [5, 5.41) is 0. The van der Waals surface area contributed by atoms with Crippen LogP contribution in [0.2, 0.25) is 0 Å². The molecule has 0 heterocycles. The summed E-state index contributed by atoms with van der Waals surface area (Å²) in [6.07, 6.45) is 2.16. The van der Waals surface area contributed by atoms with Gasteiger partial charge in [-0.05, 0) is 115 Å². The first-order chi connectivity index (χ1) is 27.0. The van der Waals surface area contributed by atoms with Gasteiger partial charge in [-0.25, -0.2) is 0 Å². The van der Waals surface area contributed by atoms with Gasteiger partial charge in [-0.3, -0.25) is 0 Å². The highest BCUT2D eigenvalue weighted by atomic mass is 15.1. The van der Waals surface area contributed by atoms with Gasteiger partial charge in [0.2, 0.25) is 0 Å². The van der Waals surface area contributed by atoms with E-state index >= 15 is 0 Å². The van der Waals surface area contributed by atoms with E-state index in [-0.39, 0.29) is 10.8 Å². The molecule has 1 unspecified atom stereocenters. The Labute approximate surface area is 324 Å². The van der Waals surface area contributed by atoms with Gasteiger partial charge >= 0.3 is 0 Å². The summed E-state index contributed by atoms with van der Waals surface area (Å²) in [5.74, 6) is 0. The summed E-state index contributed by atoms with van der Waals surface area (Å²) in [5.41, 5.74) is 22.2. The molecule has 0 aromatic heterocycles. The fourth-order valence-corrected chi connectivity index (χ4v) is 10.5. The molecule has 0 fully saturated rings. The number of aryl methyl sites for hydroxylation is 1. The molecule has 11 rings (SSSR count). The Kier molecular flexibility index (Phi) is 7.01. The van der Waals surface area contributed by atoms with Crippen LogP contribution in [0, 0.1) is 0 Å². The zero-order chi connectivity index (χ0) is 36.7. The van der Waals surface area contributed by atoms with E-state index in [1.807, 2.05) is 0 Å². The maximum atomic E-state index is 2.51. The van der Waals surface area contributed by atoms with Crippen LogP contribution in [0.4, 0.5) is 17.1 Å². The van der Waals surface area contributed by atoms with Crippen molar-refractivity contribution in [2.75, 3.05) is 4.90 Å². The van der Waals surface area contributed by atoms with Gasteiger partial charge in [-0.1, -0.05) is 172 Å². The molecule has 262 valence electrons. The molecule has 3 aliphatic rings. The molecule has 55 heavy (non-hydrogen) atoms. The van der Waals surface area contributed by atoms with Gasteiger partial charge in [-0.2, -0.15) is 0 Å². The number of rotatable bonds is 5. The zero-order valence-electron chi connectivity index (χ0n) is 31.3. The third kappa shape index (κ3) is 4.60. The van der Waals surface area contributed by atoms with Crippen LogP contribution in [0.15, 0.2) is 188 Å². The first-order valence-electron chi connectivity index (χ1n) is 19.7. The number of nitrogens with zero attached hydrogens (tertiary/aromatic N) is 1. The molecule has 0 bridgehead atoms. The molecule has 1 spiro atoms. The van der Waals surface area contributed by atoms with E-state index in [0.717, 1.165) is 24.2 Å². The predicted molar refractivity (Wildman–Crippen MR) is 230 cm³/mol. The fourth-order valence-electron chi connectivity index (χ4n) is 10.5. The summed E-state index contributed by atoms with van der Waals surface area (Å²) in [7, 11) is 0. The summed E-state index contributed by atoms with van der Waals surface area (Å²) in [4.78, 5) is 2.49. The van der Waals surface area contributed by atoms with Gasteiger partial charge in [0.1, 0.15) is 0 Å². The van der Waals surface area contributed by atoms with Crippen molar-refractivity contribution in [3.63, 3.8) is 0 Å². The van der Waals surface area contributed by atoms with Crippen LogP contribution < -0.4 is 4.90 Å². The minimum absolute atomic E-state index is 0.0847. The highest BCUT2D eigenvalue weighted by molar-refractivity contribution is 5.93. The van der Waals surface area contributed by atoms with E-state index in [4.69, 9.17) is 0 Å². The Morgan fingerprint density at radius 2 is 0.964 bits per heavy atom. The second kappa shape index (κ2) is 12.0. The highest BCUT2D eigenvalue weighted by Gasteiger charge is 2.48. The van der Waals surface area contributed by atoms with Crippen molar-refractivity contribution in [3.05, 3.63) is 221 Å². The smallest absolute Gasteiger partial charge is 0.0540 e. The Bertz CT molecular complexity index is 2790. The van der Waals surface area contributed by atoms with Gasteiger partial charge in [0.15, 0.2) is 0 Å². The van der Waals surface area contributed by atoms with Crippen LogP contribution >= 0.6 is 0 Å². The second-order valence-corrected chi connectivity index (χ2v) is 16.0. The number of benzene rings is 8. The molecule has 1 atom stereocenters. The third-order valence-electron chi connectivity index (χ3n) is 12.9. The van der Waals surface area contributed by atoms with Crippen LogP contribution in [0.3, 0.4) is 0 Å². The molecule has 8 aromatic rings. The van der Waals surface area contributed by atoms with E-state index in [1.165, 1.54) is 83.6 Å². The van der Waals surface area contributed by atoms with Crippen LogP contribution in [0.1, 0.15) is 53.6 Å². The number of fused-ring (bicyclic) bond motifs is 10. The van der Waals surface area contributed by atoms with Gasteiger partial charge in [0.25, 0.3) is 0 Å². The molecule has 0 saturated heterocycles. The molecule has 1 nitrogen and oxygen atoms in total. The van der Waals surface area contributed by atoms with Gasteiger partial charge in [0.05, 0.1) is 5.69 Å². The summed E-state index contributed by atoms with van der Waals surface area (Å²) in [6, 6.07) is 70.2. The zero-order valence-corrected chi connectivity index (χ0v) is 31.3. The van der Waals surface area contributed by atoms with E-state index in [9.17, 15) is 0 Å². The van der Waals surface area contributed by atoms with Crippen LogP contribution in [0.5, 0.6) is 0 Å². The largest absolute Gasteiger partial charge is 0.310 e. The monoisotopic (exact) mass is 703 g/mol. The molecule has 0 aliphatic heterocycles. The second-order valence-electron chi connectivity index (χ2n) is 16.0. The average molecular weight is 704 g/mol. The van der Waals surface area contributed by atoms with E-state index < -0.39 is 0 Å². The van der Waals surface area contributed by atoms with Gasteiger partial charge in [0, 0.05) is 27.8 Å². The maximum Gasteiger partial charge on any atom is 0.0540 e. The van der Waals surface area contributed by atoms with Crippen molar-refractivity contribution >= 4 is 17.1 Å². The number of hydrogen-bond donors (Lipinski definition) is 0. The van der Waals surface area contributed by atoms with E-state index in [2.05, 4.69) is 207 Å². The Balaban J connectivity index is 1.10. The minimum Gasteiger partial charge on any atom is -0.310 e. The number of hydrogen-bond acceptors (Lipinski definition) is 1. The van der Waals surface area contributed by atoms with Crippen molar-refractivity contribution in [3.8, 4) is 44.5 Å². The molecule has 0 radical (unpaired) electrons. The van der Waals surface area contributed by atoms with Crippen LogP contribution in [0.25, 0.3) is 44.5 Å². The Morgan fingerprint density at radius 1 is 0.400 bits per heavy atom. The quantitative estimate of drug-likeness (QED) is 0.172. The maximum absolute atomic E-state index is 2.51. The predicted octanol–water partition coefficient (Wildman–Crippen LogP) is 14.1. The van der Waals surface area contributed by atoms with E-state index in [1.54, 1.807) is 0 Å². The average Bonchev–Trinajstić information content (AvgIpc) is 3.85. The summed E-state index contributed by atoms with van der Waals surface area (Å²) in [6.45, 7) is 4.75. The topological polar surface area (TPSA) is 3.24 Å². The van der Waals surface area contributed by atoms with Crippen LogP contribution in [-0.4, -0.2) is 0 Å². The highest BCUT2D eigenvalue weighted by Crippen LogP contribution is 2.59. The molecule has 0 saturated carbocycles. The van der Waals surface area contributed by atoms with Crippen molar-refractivity contribution < 1.29 is 0 Å². The first-order valence-corrected chi connectivity index (χ1v) is 19.7. The molecular weight excluding hydrogens is 663 g/mol. The van der Waals surface area contributed by atoms with Crippen molar-refractivity contribution in [2.24, 2.45) is 0 Å². The van der Waals surface area contributed by atoms with Crippen LogP contribution in [-0.2, 0) is 17.3 Å². The molecule has 1 heteroatoms. The Morgan fingerprint density at radius 3 is 1.76 bits per heavy atom. The molecular formula is C54H41N. The lowest BCUT2D eigenvalue weighted by molar-refractivity contribution is 0.626. The molecule has 8 aromatic carbocycles. The summed E-state index contributed by atoms with van der Waals surface area (Å²) < 4.78 is 0. The third-order valence-corrected chi connectivity index (χ3v) is 12.9. The van der Waals surface area contributed by atoms with E-state index in [0.29, 0.717) is 0 Å². The number of anilines is 3. The Hall–Kier alpha value is -6.44. The van der Waals surface area contributed by atoms with Crippen molar-refractivity contribution in [1.29, 1.82) is 0 Å². The van der Waals surface area contributed by atoms with Crippen molar-refractivity contribution in [2.45, 2.75) is 37.5 Å². The van der Waals surface area contributed by atoms with Crippen molar-refractivity contribution in [1.82, 2.24) is 0 Å². The molecule has 0 amide bonds. The van der Waals surface area contributed by atoms with Gasteiger partial charge in [-0.15, -0.1) is 0 Å². The first kappa shape index (κ1) is 32.0.